The molecule has 0 radical (unpaired) electrons. The number of nitrogens with one attached hydrogen (secondary N) is 1. The number of phenolic OH excluding ortho intramolecular Hbond substituents is 1. The van der Waals surface area contributed by atoms with Crippen molar-refractivity contribution in [1.29, 1.82) is 0 Å². The first-order chi connectivity index (χ1) is 8.46. The number of hydrogen-bond donors (Lipinski definition) is 2. The van der Waals surface area contributed by atoms with E-state index in [1.807, 2.05) is 13.8 Å². The standard InChI is InChI=1S/C14H19NO3/c1-14(2)9-11(6-7-18-14)15-13(17)10-4-3-5-12(16)8-10/h3-5,8,11,16H,6-7,9H2,1-2H3,(H,15,17). The lowest BCUT2D eigenvalue weighted by atomic mass is 9.94. The summed E-state index contributed by atoms with van der Waals surface area (Å²) in [6.07, 6.45) is 1.63. The van der Waals surface area contributed by atoms with Gasteiger partial charge in [0.2, 0.25) is 0 Å². The molecule has 1 aromatic carbocycles. The number of phenols is 1. The number of carbonyl (C=O) groups excluding carboxylic acids is 1. The van der Waals surface area contributed by atoms with Crippen molar-refractivity contribution in [3.63, 3.8) is 0 Å². The lowest BCUT2D eigenvalue weighted by Gasteiger charge is -2.35. The third kappa shape index (κ3) is 3.23. The van der Waals surface area contributed by atoms with Crippen LogP contribution in [-0.4, -0.2) is 29.3 Å². The first-order valence-electron chi connectivity index (χ1n) is 6.20. The van der Waals surface area contributed by atoms with Crippen molar-refractivity contribution < 1.29 is 14.6 Å². The van der Waals surface area contributed by atoms with E-state index in [1.54, 1.807) is 18.2 Å². The second-order valence-electron chi connectivity index (χ2n) is 5.32. The molecule has 1 amide bonds. The van der Waals surface area contributed by atoms with Crippen LogP contribution in [-0.2, 0) is 4.74 Å². The molecular weight excluding hydrogens is 230 g/mol. The summed E-state index contributed by atoms with van der Waals surface area (Å²) in [5.74, 6) is -0.0384. The molecule has 1 unspecified atom stereocenters. The fourth-order valence-electron chi connectivity index (χ4n) is 2.27. The van der Waals surface area contributed by atoms with Crippen LogP contribution < -0.4 is 5.32 Å². The SMILES string of the molecule is CC1(C)CC(NC(=O)c2cccc(O)c2)CCO1. The van der Waals surface area contributed by atoms with E-state index < -0.39 is 0 Å². The summed E-state index contributed by atoms with van der Waals surface area (Å²) in [7, 11) is 0. The zero-order valence-electron chi connectivity index (χ0n) is 10.8. The van der Waals surface area contributed by atoms with Gasteiger partial charge in [-0.2, -0.15) is 0 Å². The van der Waals surface area contributed by atoms with Crippen molar-refractivity contribution in [1.82, 2.24) is 5.32 Å². The van der Waals surface area contributed by atoms with Crippen molar-refractivity contribution in [3.8, 4) is 5.75 Å². The van der Waals surface area contributed by atoms with Crippen molar-refractivity contribution in [2.24, 2.45) is 0 Å². The number of carbonyl (C=O) groups is 1. The predicted molar refractivity (Wildman–Crippen MR) is 68.6 cm³/mol. The van der Waals surface area contributed by atoms with Gasteiger partial charge < -0.3 is 15.2 Å². The van der Waals surface area contributed by atoms with Crippen LogP contribution in [0.2, 0.25) is 0 Å². The predicted octanol–water partition coefficient (Wildman–Crippen LogP) is 2.08. The minimum Gasteiger partial charge on any atom is -0.508 e. The highest BCUT2D eigenvalue weighted by atomic mass is 16.5. The number of aromatic hydroxyl groups is 1. The van der Waals surface area contributed by atoms with Crippen LogP contribution in [0.3, 0.4) is 0 Å². The van der Waals surface area contributed by atoms with E-state index in [0.717, 1.165) is 12.8 Å². The van der Waals surface area contributed by atoms with E-state index in [4.69, 9.17) is 4.74 Å². The molecule has 0 aliphatic carbocycles. The van der Waals surface area contributed by atoms with Gasteiger partial charge >= 0.3 is 0 Å². The zero-order valence-corrected chi connectivity index (χ0v) is 10.8. The summed E-state index contributed by atoms with van der Waals surface area (Å²) in [5.41, 5.74) is 0.300. The fourth-order valence-corrected chi connectivity index (χ4v) is 2.27. The van der Waals surface area contributed by atoms with Gasteiger partial charge in [0.25, 0.3) is 5.91 Å². The van der Waals surface area contributed by atoms with Gasteiger partial charge in [-0.25, -0.2) is 0 Å². The smallest absolute Gasteiger partial charge is 0.251 e. The first-order valence-corrected chi connectivity index (χ1v) is 6.20. The summed E-state index contributed by atoms with van der Waals surface area (Å²) < 4.78 is 5.61. The molecule has 0 aromatic heterocycles. The Morgan fingerprint density at radius 3 is 2.94 bits per heavy atom. The number of rotatable bonds is 2. The molecule has 98 valence electrons. The lowest BCUT2D eigenvalue weighted by Crippen LogP contribution is -2.45. The molecule has 18 heavy (non-hydrogen) atoms. The van der Waals surface area contributed by atoms with Crippen LogP contribution in [0.25, 0.3) is 0 Å². The number of amides is 1. The summed E-state index contributed by atoms with van der Waals surface area (Å²) >= 11 is 0. The fraction of sp³-hybridized carbons (Fsp3) is 0.500. The normalized spacial score (nSPS) is 22.4. The molecule has 2 rings (SSSR count). The minimum absolute atomic E-state index is 0.106. The maximum Gasteiger partial charge on any atom is 0.251 e. The van der Waals surface area contributed by atoms with Gasteiger partial charge in [0, 0.05) is 18.2 Å². The molecule has 2 N–H and O–H groups in total. The van der Waals surface area contributed by atoms with Gasteiger partial charge in [-0.3, -0.25) is 4.79 Å². The van der Waals surface area contributed by atoms with Gasteiger partial charge in [0.1, 0.15) is 5.75 Å². The highest BCUT2D eigenvalue weighted by molar-refractivity contribution is 5.94. The average Bonchev–Trinajstić information content (AvgIpc) is 2.27. The quantitative estimate of drug-likeness (QED) is 0.843. The Morgan fingerprint density at radius 2 is 2.28 bits per heavy atom. The molecule has 0 saturated carbocycles. The largest absolute Gasteiger partial charge is 0.508 e. The molecule has 1 aliphatic heterocycles. The van der Waals surface area contributed by atoms with Crippen LogP contribution in [0.5, 0.6) is 5.75 Å². The minimum atomic E-state index is -0.185. The van der Waals surface area contributed by atoms with E-state index in [1.165, 1.54) is 6.07 Å². The van der Waals surface area contributed by atoms with E-state index in [2.05, 4.69) is 5.32 Å². The van der Waals surface area contributed by atoms with Gasteiger partial charge in [0.05, 0.1) is 5.60 Å². The van der Waals surface area contributed by atoms with Crippen molar-refractivity contribution in [2.45, 2.75) is 38.3 Å². The molecule has 0 bridgehead atoms. The lowest BCUT2D eigenvalue weighted by molar-refractivity contribution is -0.0615. The summed E-state index contributed by atoms with van der Waals surface area (Å²) in [6.45, 7) is 4.72. The third-order valence-electron chi connectivity index (χ3n) is 3.14. The zero-order chi connectivity index (χ0) is 13.2. The Kier molecular flexibility index (Phi) is 3.57. The van der Waals surface area contributed by atoms with Crippen molar-refractivity contribution in [2.75, 3.05) is 6.61 Å². The van der Waals surface area contributed by atoms with Gasteiger partial charge in [0.15, 0.2) is 0 Å². The molecule has 4 heteroatoms. The highest BCUT2D eigenvalue weighted by Gasteiger charge is 2.29. The van der Waals surface area contributed by atoms with Crippen LogP contribution in [0, 0.1) is 0 Å². The van der Waals surface area contributed by atoms with Crippen LogP contribution in [0.4, 0.5) is 0 Å². The Morgan fingerprint density at radius 1 is 1.50 bits per heavy atom. The van der Waals surface area contributed by atoms with Gasteiger partial charge in [-0.15, -0.1) is 0 Å². The second kappa shape index (κ2) is 4.98. The second-order valence-corrected chi connectivity index (χ2v) is 5.32. The Balaban J connectivity index is 1.99. The van der Waals surface area contributed by atoms with Gasteiger partial charge in [-0.1, -0.05) is 6.07 Å². The van der Waals surface area contributed by atoms with Gasteiger partial charge in [-0.05, 0) is 44.9 Å². The topological polar surface area (TPSA) is 58.6 Å². The first kappa shape index (κ1) is 12.9. The maximum absolute atomic E-state index is 12.0. The molecule has 1 aliphatic rings. The number of benzene rings is 1. The number of hydrogen-bond acceptors (Lipinski definition) is 3. The Bertz CT molecular complexity index is 442. The Labute approximate surface area is 107 Å². The van der Waals surface area contributed by atoms with Crippen molar-refractivity contribution in [3.05, 3.63) is 29.8 Å². The average molecular weight is 249 g/mol. The van der Waals surface area contributed by atoms with Crippen LogP contribution >= 0.6 is 0 Å². The van der Waals surface area contributed by atoms with Crippen molar-refractivity contribution >= 4 is 5.91 Å². The van der Waals surface area contributed by atoms with E-state index in [9.17, 15) is 9.90 Å². The molecule has 1 aromatic rings. The molecule has 1 atom stereocenters. The third-order valence-corrected chi connectivity index (χ3v) is 3.14. The van der Waals surface area contributed by atoms with E-state index >= 15 is 0 Å². The summed E-state index contributed by atoms with van der Waals surface area (Å²) in [6, 6.07) is 6.51. The van der Waals surface area contributed by atoms with Crippen LogP contribution in [0.1, 0.15) is 37.0 Å². The Hall–Kier alpha value is -1.55. The van der Waals surface area contributed by atoms with E-state index in [-0.39, 0.29) is 23.3 Å². The molecule has 0 spiro atoms. The highest BCUT2D eigenvalue weighted by Crippen LogP contribution is 2.24. The molecular formula is C14H19NO3. The maximum atomic E-state index is 12.0. The molecule has 1 heterocycles. The monoisotopic (exact) mass is 249 g/mol. The summed E-state index contributed by atoms with van der Waals surface area (Å²) in [4.78, 5) is 12.0. The van der Waals surface area contributed by atoms with E-state index in [0.29, 0.717) is 12.2 Å². The molecule has 4 nitrogen and oxygen atoms in total. The molecule has 1 saturated heterocycles. The number of ether oxygens (including phenoxy) is 1. The molecule has 1 fully saturated rings. The van der Waals surface area contributed by atoms with Crippen LogP contribution in [0.15, 0.2) is 24.3 Å². The summed E-state index contributed by atoms with van der Waals surface area (Å²) in [5, 5.41) is 12.3.